The molecule has 0 aliphatic carbocycles. The van der Waals surface area contributed by atoms with Crippen LogP contribution < -0.4 is 4.74 Å². The van der Waals surface area contributed by atoms with Crippen molar-refractivity contribution in [2.45, 2.75) is 16.8 Å². The van der Waals surface area contributed by atoms with Crippen molar-refractivity contribution in [2.24, 2.45) is 0 Å². The molecule has 0 saturated carbocycles. The van der Waals surface area contributed by atoms with Crippen LogP contribution in [0, 0.1) is 6.08 Å². The van der Waals surface area contributed by atoms with Crippen molar-refractivity contribution in [1.29, 1.82) is 0 Å². The largest absolute Gasteiger partial charge is 0.468 e. The van der Waals surface area contributed by atoms with Gasteiger partial charge in [-0.15, -0.1) is 28.9 Å². The Bertz CT molecular complexity index is 618. The number of ether oxygens (including phenoxy) is 2. The number of amides is 1. The van der Waals surface area contributed by atoms with Crippen LogP contribution in [0.25, 0.3) is 5.70 Å². The fourth-order valence-electron chi connectivity index (χ4n) is 2.11. The number of methoxy groups -OCH3 is 1. The summed E-state index contributed by atoms with van der Waals surface area (Å²) < 4.78 is 35.3. The maximum absolute atomic E-state index is 12.8. The second-order valence-corrected chi connectivity index (χ2v) is 6.64. The molecule has 1 unspecified atom stereocenters. The van der Waals surface area contributed by atoms with Gasteiger partial charge in [-0.05, 0) is 17.2 Å². The molecule has 1 aliphatic rings. The van der Waals surface area contributed by atoms with Gasteiger partial charge in [0.05, 0.1) is 10.5 Å². The molecule has 1 aliphatic heterocycles. The predicted octanol–water partition coefficient (Wildman–Crippen LogP) is 3.77. The minimum Gasteiger partial charge on any atom is -0.468 e. The number of alkyl halides is 3. The fourth-order valence-corrected chi connectivity index (χ4v) is 2.93. The number of rotatable bonds is 6. The summed E-state index contributed by atoms with van der Waals surface area (Å²) in [5.74, 6) is 0.117. The normalized spacial score (nSPS) is 17.6. The molecule has 1 amide bonds. The molecule has 2 rings (SSSR count). The van der Waals surface area contributed by atoms with Gasteiger partial charge >= 0.3 is 0 Å². The van der Waals surface area contributed by atoms with Crippen LogP contribution in [0.5, 0.6) is 5.75 Å². The van der Waals surface area contributed by atoms with Crippen molar-refractivity contribution >= 4 is 45.8 Å². The van der Waals surface area contributed by atoms with Gasteiger partial charge in [0.15, 0.2) is 6.79 Å². The summed E-state index contributed by atoms with van der Waals surface area (Å²) in [4.78, 5) is 13.2. The van der Waals surface area contributed by atoms with Gasteiger partial charge in [0, 0.05) is 39.8 Å². The summed E-state index contributed by atoms with van der Waals surface area (Å²) in [7, 11) is 1.49. The van der Waals surface area contributed by atoms with Crippen molar-refractivity contribution in [3.63, 3.8) is 0 Å². The Hall–Kier alpha value is 0.174. The van der Waals surface area contributed by atoms with Gasteiger partial charge in [0.25, 0.3) is 6.43 Å². The summed E-state index contributed by atoms with van der Waals surface area (Å²) >= 11 is 8.14. The Kier molecular flexibility index (Phi) is 9.58. The monoisotopic (exact) mass is 545 g/mol. The van der Waals surface area contributed by atoms with E-state index < -0.39 is 16.9 Å². The molecule has 1 aromatic carbocycles. The molecular formula is C15H14ClF2INO3Y-. The topological polar surface area (TPSA) is 38.8 Å². The number of carbonyl (C=O) groups is 1. The molecule has 9 heteroatoms. The predicted molar refractivity (Wildman–Crippen MR) is 90.7 cm³/mol. The van der Waals surface area contributed by atoms with E-state index in [2.05, 4.69) is 6.08 Å². The molecule has 129 valence electrons. The van der Waals surface area contributed by atoms with E-state index in [1.807, 2.05) is 22.6 Å². The summed E-state index contributed by atoms with van der Waals surface area (Å²) in [5.41, 5.74) is 0.750. The van der Waals surface area contributed by atoms with Crippen molar-refractivity contribution in [3.8, 4) is 5.75 Å². The van der Waals surface area contributed by atoms with Crippen LogP contribution in [0.4, 0.5) is 8.78 Å². The van der Waals surface area contributed by atoms with Gasteiger partial charge in [-0.3, -0.25) is 4.79 Å². The van der Waals surface area contributed by atoms with Crippen LogP contribution in [0.15, 0.2) is 18.2 Å². The van der Waals surface area contributed by atoms with E-state index in [-0.39, 0.29) is 51.1 Å². The summed E-state index contributed by atoms with van der Waals surface area (Å²) in [6.45, 7) is -0.615. The zero-order valence-electron chi connectivity index (χ0n) is 12.8. The maximum Gasteiger partial charge on any atom is 0.256 e. The van der Waals surface area contributed by atoms with Gasteiger partial charge in [-0.2, -0.15) is 0 Å². The number of hydrogen-bond acceptors (Lipinski definition) is 3. The summed E-state index contributed by atoms with van der Waals surface area (Å²) in [6.07, 6.45) is 0.721. The summed E-state index contributed by atoms with van der Waals surface area (Å²) in [6, 6.07) is 4.80. The van der Waals surface area contributed by atoms with Crippen LogP contribution in [-0.2, 0) is 42.2 Å². The van der Waals surface area contributed by atoms with E-state index in [9.17, 15) is 13.6 Å². The van der Waals surface area contributed by atoms with Crippen LogP contribution >= 0.6 is 34.2 Å². The Morgan fingerprint density at radius 1 is 1.50 bits per heavy atom. The second kappa shape index (κ2) is 10.4. The Morgan fingerprint density at radius 2 is 2.21 bits per heavy atom. The minimum absolute atomic E-state index is 0. The number of carbonyl (C=O) groups excluding carboxylic acids is 1. The third-order valence-electron chi connectivity index (χ3n) is 3.11. The molecular weight excluding hydrogens is 531 g/mol. The first kappa shape index (κ1) is 22.2. The molecule has 0 saturated heterocycles. The molecule has 0 aromatic heterocycles. The van der Waals surface area contributed by atoms with E-state index in [1.54, 1.807) is 18.2 Å². The molecule has 24 heavy (non-hydrogen) atoms. The van der Waals surface area contributed by atoms with Crippen molar-refractivity contribution in [1.82, 2.24) is 4.90 Å². The van der Waals surface area contributed by atoms with Crippen molar-refractivity contribution < 1.29 is 55.8 Å². The Morgan fingerprint density at radius 3 is 2.79 bits per heavy atom. The van der Waals surface area contributed by atoms with Crippen LogP contribution in [-0.4, -0.2) is 41.6 Å². The molecule has 0 spiro atoms. The second-order valence-electron chi connectivity index (χ2n) is 4.73. The first-order valence-corrected chi connectivity index (χ1v) is 8.32. The van der Waals surface area contributed by atoms with E-state index in [0.717, 1.165) is 4.90 Å². The molecule has 4 nitrogen and oxygen atoms in total. The van der Waals surface area contributed by atoms with Gasteiger partial charge in [-0.25, -0.2) is 14.9 Å². The van der Waals surface area contributed by atoms with E-state index in [1.165, 1.54) is 7.11 Å². The van der Waals surface area contributed by atoms with E-state index >= 15 is 0 Å². The molecule has 1 aromatic rings. The molecule has 1 heterocycles. The molecule has 0 N–H and O–H groups in total. The number of halogens is 4. The Balaban J connectivity index is 0.00000288. The van der Waals surface area contributed by atoms with Crippen molar-refractivity contribution in [2.75, 3.05) is 20.4 Å². The first-order chi connectivity index (χ1) is 10.9. The van der Waals surface area contributed by atoms with Gasteiger partial charge in [0.1, 0.15) is 5.75 Å². The number of hydrogen-bond donors (Lipinski definition) is 0. The van der Waals surface area contributed by atoms with Crippen molar-refractivity contribution in [3.05, 3.63) is 34.9 Å². The van der Waals surface area contributed by atoms with Gasteiger partial charge in [0.2, 0.25) is 5.91 Å². The molecule has 0 fully saturated rings. The quantitative estimate of drug-likeness (QED) is 0.237. The third kappa shape index (κ3) is 5.59. The molecule has 1 atom stereocenters. The smallest absolute Gasteiger partial charge is 0.256 e. The number of nitrogens with zero attached hydrogens (tertiary/aromatic N) is 1. The average Bonchev–Trinajstić information content (AvgIpc) is 2.50. The Labute approximate surface area is 182 Å². The van der Waals surface area contributed by atoms with Gasteiger partial charge < -0.3 is 14.4 Å². The molecule has 1 radical (unpaired) electrons. The SMILES string of the molecule is COCOc1ccc(C2=[C-]CC(I)C(=O)N2CC(F)F)c(Cl)c1.[Y]. The van der Waals surface area contributed by atoms with Crippen LogP contribution in [0.1, 0.15) is 12.0 Å². The zero-order chi connectivity index (χ0) is 17.0. The minimum atomic E-state index is -2.64. The zero-order valence-corrected chi connectivity index (χ0v) is 18.5. The maximum atomic E-state index is 12.8. The van der Waals surface area contributed by atoms with Crippen LogP contribution in [0.2, 0.25) is 5.02 Å². The van der Waals surface area contributed by atoms with E-state index in [0.29, 0.717) is 22.8 Å². The fraction of sp³-hybridized carbons (Fsp3) is 0.400. The number of benzene rings is 1. The molecule has 0 bridgehead atoms. The number of allylic oxidation sites excluding steroid dienone is 1. The van der Waals surface area contributed by atoms with E-state index in [4.69, 9.17) is 21.1 Å². The van der Waals surface area contributed by atoms with Crippen LogP contribution in [0.3, 0.4) is 0 Å². The average molecular weight is 546 g/mol. The first-order valence-electron chi connectivity index (χ1n) is 6.70. The standard InChI is InChI=1S/C15H14ClF2INO3.Y/c1-22-8-23-9-2-3-10(11(16)6-9)13-5-4-12(19)15(21)20(13)7-14(17)18;/h2-3,6,12,14H,4,7-8H2,1H3;/q-1;. The third-order valence-corrected chi connectivity index (χ3v) is 4.40. The van der Waals surface area contributed by atoms with Gasteiger partial charge in [-0.1, -0.05) is 29.0 Å². The summed E-state index contributed by atoms with van der Waals surface area (Å²) in [5, 5.41) is 0.292.